The highest BCUT2D eigenvalue weighted by molar-refractivity contribution is 7.86. The van der Waals surface area contributed by atoms with Gasteiger partial charge in [-0.05, 0) is 87.0 Å². The van der Waals surface area contributed by atoms with Gasteiger partial charge in [-0.15, -0.1) is 0 Å². The van der Waals surface area contributed by atoms with E-state index >= 15 is 0 Å². The van der Waals surface area contributed by atoms with Gasteiger partial charge in [-0.1, -0.05) is 18.2 Å². The van der Waals surface area contributed by atoms with E-state index in [4.69, 9.17) is 4.74 Å². The molecule has 0 spiro atoms. The van der Waals surface area contributed by atoms with Gasteiger partial charge < -0.3 is 15.4 Å². The fourth-order valence-electron chi connectivity index (χ4n) is 5.18. The highest BCUT2D eigenvalue weighted by Crippen LogP contribution is 2.32. The van der Waals surface area contributed by atoms with Crippen molar-refractivity contribution in [3.05, 3.63) is 96.1 Å². The third kappa shape index (κ3) is 9.38. The number of azo groups is 2. The third-order valence-electron chi connectivity index (χ3n) is 7.96. The van der Waals surface area contributed by atoms with Gasteiger partial charge in [0.1, 0.15) is 21.2 Å². The van der Waals surface area contributed by atoms with Crippen LogP contribution in [0.5, 0.6) is 5.75 Å². The van der Waals surface area contributed by atoms with Gasteiger partial charge in [-0.3, -0.25) is 28.3 Å². The zero-order valence-electron chi connectivity index (χ0n) is 29.8. The van der Waals surface area contributed by atoms with Crippen molar-refractivity contribution in [2.45, 2.75) is 42.6 Å². The van der Waals surface area contributed by atoms with Crippen LogP contribution in [-0.2, 0) is 34.6 Å². The van der Waals surface area contributed by atoms with Gasteiger partial charge >= 0.3 is 0 Å². The predicted octanol–water partition coefficient (Wildman–Crippen LogP) is 5.30. The molecular formula is C35H32N8O11S2. The van der Waals surface area contributed by atoms with Crippen LogP contribution in [0, 0.1) is 6.92 Å². The smallest absolute Gasteiger partial charge is 0.296 e. The topological polar surface area (TPSA) is 275 Å². The molecule has 0 bridgehead atoms. The zero-order valence-corrected chi connectivity index (χ0v) is 31.4. The van der Waals surface area contributed by atoms with Gasteiger partial charge in [0.05, 0.1) is 29.9 Å². The van der Waals surface area contributed by atoms with Crippen molar-refractivity contribution in [2.75, 3.05) is 22.8 Å². The van der Waals surface area contributed by atoms with Crippen LogP contribution in [0.3, 0.4) is 0 Å². The summed E-state index contributed by atoms with van der Waals surface area (Å²) in [6, 6.07) is 17.1. The third-order valence-corrected chi connectivity index (χ3v) is 9.84. The Morgan fingerprint density at radius 1 is 0.857 bits per heavy atom. The Hall–Kier alpha value is -6.55. The molecule has 19 nitrogen and oxygen atoms in total. The summed E-state index contributed by atoms with van der Waals surface area (Å²) in [6.45, 7) is 4.01. The molecule has 0 aromatic heterocycles. The Labute approximate surface area is 319 Å². The second-order valence-electron chi connectivity index (χ2n) is 12.0. The molecule has 4 aromatic carbocycles. The Bertz CT molecular complexity index is 2540. The molecule has 290 valence electrons. The SMILES string of the molecule is COc1cc(S(=O)(=O)O)c(C)cc1NC(=O)C(N=Nc1ccc(NC(=O)c2ccc(N=NC3C(=O)N(c4ccccc4)N=C3C)cc2)cc1S(=O)(=O)O)C(C)=O. The van der Waals surface area contributed by atoms with Gasteiger partial charge in [0.25, 0.3) is 38.0 Å². The van der Waals surface area contributed by atoms with Crippen LogP contribution in [0.1, 0.15) is 29.8 Å². The predicted molar refractivity (Wildman–Crippen MR) is 201 cm³/mol. The number of ether oxygens (including phenoxy) is 1. The minimum Gasteiger partial charge on any atom is -0.495 e. The van der Waals surface area contributed by atoms with E-state index in [1.54, 1.807) is 31.2 Å². The van der Waals surface area contributed by atoms with Gasteiger partial charge in [0.15, 0.2) is 11.8 Å². The van der Waals surface area contributed by atoms with Crippen LogP contribution >= 0.6 is 0 Å². The average Bonchev–Trinajstić information content (AvgIpc) is 3.42. The first-order valence-electron chi connectivity index (χ1n) is 16.1. The molecule has 5 rings (SSSR count). The molecule has 0 saturated carbocycles. The van der Waals surface area contributed by atoms with Crippen molar-refractivity contribution in [3.63, 3.8) is 0 Å². The number of para-hydroxylation sites is 1. The highest BCUT2D eigenvalue weighted by Gasteiger charge is 2.34. The quantitative estimate of drug-likeness (QED) is 0.0764. The fourth-order valence-corrected chi connectivity index (χ4v) is 6.56. The summed E-state index contributed by atoms with van der Waals surface area (Å²) in [5.41, 5.74) is 0.860. The molecule has 56 heavy (non-hydrogen) atoms. The minimum absolute atomic E-state index is 0.0356. The number of hydrogen-bond donors (Lipinski definition) is 4. The molecule has 1 heterocycles. The van der Waals surface area contributed by atoms with E-state index in [0.29, 0.717) is 17.1 Å². The number of Topliss-reactive ketones (excluding diaryl/α,β-unsaturated/α-hetero) is 1. The number of hydrogen-bond acceptors (Lipinski definition) is 14. The molecule has 21 heteroatoms. The maximum absolute atomic E-state index is 13.1. The molecule has 3 amide bonds. The number of amides is 3. The Kier molecular flexibility index (Phi) is 11.9. The lowest BCUT2D eigenvalue weighted by Crippen LogP contribution is -2.32. The molecule has 2 atom stereocenters. The number of nitrogens with one attached hydrogen (secondary N) is 2. The molecular weight excluding hydrogens is 773 g/mol. The summed E-state index contributed by atoms with van der Waals surface area (Å²) in [4.78, 5) is 50.1. The van der Waals surface area contributed by atoms with E-state index in [9.17, 15) is 45.1 Å². The molecule has 4 aromatic rings. The summed E-state index contributed by atoms with van der Waals surface area (Å²) in [5.74, 6) is -3.13. The summed E-state index contributed by atoms with van der Waals surface area (Å²) in [6.07, 6.45) is 0. The number of carbonyl (C=O) groups is 4. The second-order valence-corrected chi connectivity index (χ2v) is 14.8. The number of carbonyl (C=O) groups excluding carboxylic acids is 4. The van der Waals surface area contributed by atoms with Crippen LogP contribution < -0.4 is 20.4 Å². The van der Waals surface area contributed by atoms with Crippen molar-refractivity contribution >= 4 is 77.9 Å². The van der Waals surface area contributed by atoms with E-state index in [1.807, 2.05) is 6.07 Å². The maximum Gasteiger partial charge on any atom is 0.296 e. The fraction of sp³-hybridized carbons (Fsp3) is 0.171. The average molecular weight is 805 g/mol. The first kappa shape index (κ1) is 40.6. The lowest BCUT2D eigenvalue weighted by molar-refractivity contribution is -0.126. The first-order chi connectivity index (χ1) is 26.4. The van der Waals surface area contributed by atoms with Crippen LogP contribution in [0.25, 0.3) is 0 Å². The van der Waals surface area contributed by atoms with Crippen LogP contribution in [0.2, 0.25) is 0 Å². The highest BCUT2D eigenvalue weighted by atomic mass is 32.2. The van der Waals surface area contributed by atoms with E-state index in [1.165, 1.54) is 55.4 Å². The molecule has 0 aliphatic carbocycles. The lowest BCUT2D eigenvalue weighted by Gasteiger charge is -2.15. The van der Waals surface area contributed by atoms with Crippen LogP contribution in [0.4, 0.5) is 28.4 Å². The Balaban J connectivity index is 1.28. The molecule has 4 N–H and O–H groups in total. The second kappa shape index (κ2) is 16.4. The van der Waals surface area contributed by atoms with Crippen molar-refractivity contribution in [3.8, 4) is 5.75 Å². The number of benzene rings is 4. The summed E-state index contributed by atoms with van der Waals surface area (Å²) < 4.78 is 72.5. The summed E-state index contributed by atoms with van der Waals surface area (Å²) >= 11 is 0. The lowest BCUT2D eigenvalue weighted by atomic mass is 10.1. The number of rotatable bonds is 13. The zero-order chi connectivity index (χ0) is 40.9. The maximum atomic E-state index is 13.1. The molecule has 2 unspecified atom stereocenters. The van der Waals surface area contributed by atoms with E-state index in [-0.39, 0.29) is 34.2 Å². The largest absolute Gasteiger partial charge is 0.495 e. The number of methoxy groups -OCH3 is 1. The van der Waals surface area contributed by atoms with Crippen molar-refractivity contribution in [2.24, 2.45) is 25.6 Å². The number of aryl methyl sites for hydroxylation is 1. The standard InChI is InChI=1S/C35H32N8O11S2/c1-19-16-27(28(54-4)18-29(19)55(48,49)50)37-34(46)32(21(3)44)41-39-26-15-14-24(17-30(26)56(51,52)53)36-33(45)22-10-12-23(13-11-22)38-40-31-20(2)42-43(35(31)47)25-8-6-5-7-9-25/h5-18,31-32H,1-4H3,(H,36,45)(H,37,46)(H,48,49,50)(H,51,52,53). The Morgan fingerprint density at radius 3 is 2.12 bits per heavy atom. The van der Waals surface area contributed by atoms with E-state index < -0.39 is 65.4 Å². The van der Waals surface area contributed by atoms with E-state index in [0.717, 1.165) is 25.1 Å². The summed E-state index contributed by atoms with van der Waals surface area (Å²) in [5, 5.41) is 26.0. The molecule has 0 fully saturated rings. The molecule has 1 aliphatic rings. The van der Waals surface area contributed by atoms with Gasteiger partial charge in [-0.2, -0.15) is 47.4 Å². The van der Waals surface area contributed by atoms with Gasteiger partial charge in [0.2, 0.25) is 6.04 Å². The van der Waals surface area contributed by atoms with Crippen LogP contribution in [-0.4, -0.2) is 74.4 Å². The first-order valence-corrected chi connectivity index (χ1v) is 19.0. The molecule has 0 saturated heterocycles. The minimum atomic E-state index is -5.00. The van der Waals surface area contributed by atoms with E-state index in [2.05, 4.69) is 36.2 Å². The number of anilines is 3. The molecule has 1 aliphatic heterocycles. The summed E-state index contributed by atoms with van der Waals surface area (Å²) in [7, 11) is -8.47. The molecule has 0 radical (unpaired) electrons. The Morgan fingerprint density at radius 2 is 1.52 bits per heavy atom. The number of nitrogens with zero attached hydrogens (tertiary/aromatic N) is 6. The van der Waals surface area contributed by atoms with Crippen LogP contribution in [0.15, 0.2) is 120 Å². The van der Waals surface area contributed by atoms with Gasteiger partial charge in [0, 0.05) is 17.3 Å². The monoisotopic (exact) mass is 804 g/mol. The van der Waals surface area contributed by atoms with Crippen molar-refractivity contribution < 1.29 is 49.9 Å². The van der Waals surface area contributed by atoms with Gasteiger partial charge in [-0.25, -0.2) is 0 Å². The van der Waals surface area contributed by atoms with Crippen molar-refractivity contribution in [1.82, 2.24) is 0 Å². The van der Waals surface area contributed by atoms with Crippen molar-refractivity contribution in [1.29, 1.82) is 0 Å². The number of hydrazone groups is 1. The number of ketones is 1. The normalized spacial score (nSPS) is 15.2.